The third-order valence-corrected chi connectivity index (χ3v) is 1.91. The molecule has 2 heteroatoms. The van der Waals surface area contributed by atoms with Crippen LogP contribution in [0, 0.1) is 0 Å². The molecule has 0 aliphatic heterocycles. The van der Waals surface area contributed by atoms with Crippen molar-refractivity contribution >= 4 is 0 Å². The molecule has 2 nitrogen and oxygen atoms in total. The number of hydrogen-bond donors (Lipinski definition) is 1. The minimum atomic E-state index is 0.171. The fourth-order valence-electron chi connectivity index (χ4n) is 1.08. The summed E-state index contributed by atoms with van der Waals surface area (Å²) in [5.41, 5.74) is 5.68. The Balaban J connectivity index is 2.99. The molecule has 0 bridgehead atoms. The lowest BCUT2D eigenvalue weighted by Gasteiger charge is -2.04. The first-order chi connectivity index (χ1) is 6.31. The molecule has 0 heterocycles. The zero-order valence-electron chi connectivity index (χ0n) is 8.41. The van der Waals surface area contributed by atoms with Gasteiger partial charge in [0.2, 0.25) is 0 Å². The normalized spacial score (nSPS) is 12.4. The summed E-state index contributed by atoms with van der Waals surface area (Å²) in [6.07, 6.45) is 8.23. The summed E-state index contributed by atoms with van der Waals surface area (Å²) in [6.45, 7) is 8.99. The lowest BCUT2D eigenvalue weighted by molar-refractivity contribution is 0.580. The van der Waals surface area contributed by atoms with Gasteiger partial charge >= 0.3 is 0 Å². The number of hydrogen-bond acceptors (Lipinski definition) is 1. The Morgan fingerprint density at radius 3 is 2.62 bits per heavy atom. The van der Waals surface area contributed by atoms with Crippen molar-refractivity contribution in [3.8, 4) is 0 Å². The number of nitrogens with two attached hydrogens (primary N) is 1. The predicted molar refractivity (Wildman–Crippen MR) is 58.7 cm³/mol. The van der Waals surface area contributed by atoms with Crippen LogP contribution in [-0.2, 0) is 0 Å². The summed E-state index contributed by atoms with van der Waals surface area (Å²) in [6, 6.07) is 0.171. The van der Waals surface area contributed by atoms with Crippen LogP contribution >= 0.6 is 0 Å². The highest BCUT2D eigenvalue weighted by atomic mass is 14.8. The average Bonchev–Trinajstić information content (AvgIpc) is 2.16. The van der Waals surface area contributed by atoms with Gasteiger partial charge in [0.15, 0.2) is 0 Å². The molecule has 0 fully saturated rings. The van der Waals surface area contributed by atoms with E-state index >= 15 is 0 Å². The van der Waals surface area contributed by atoms with Gasteiger partial charge in [-0.25, -0.2) is 5.32 Å². The first-order valence-corrected chi connectivity index (χ1v) is 4.93. The van der Waals surface area contributed by atoms with Gasteiger partial charge in [-0.3, -0.25) is 0 Å². The molecule has 13 heavy (non-hydrogen) atoms. The van der Waals surface area contributed by atoms with Crippen molar-refractivity contribution in [2.45, 2.75) is 31.7 Å². The Morgan fingerprint density at radius 2 is 2.00 bits per heavy atom. The van der Waals surface area contributed by atoms with E-state index in [0.717, 1.165) is 25.9 Å². The quantitative estimate of drug-likeness (QED) is 0.428. The van der Waals surface area contributed by atoms with E-state index in [9.17, 15) is 0 Å². The fraction of sp³-hybridized carbons (Fsp3) is 0.636. The number of nitrogens with zero attached hydrogens (tertiary/aromatic N) is 1. The van der Waals surface area contributed by atoms with Gasteiger partial charge in [0.25, 0.3) is 0 Å². The standard InChI is InChI=1S/C11H21N2/c1-3-9-13-10-7-5-6-8-11(12)4-2/h3-4,11H,1-2,5-10,12H2. The van der Waals surface area contributed by atoms with Gasteiger partial charge in [0.05, 0.1) is 0 Å². The van der Waals surface area contributed by atoms with E-state index < -0.39 is 0 Å². The molecule has 0 rings (SSSR count). The van der Waals surface area contributed by atoms with Crippen LogP contribution in [0.25, 0.3) is 0 Å². The van der Waals surface area contributed by atoms with Crippen LogP contribution in [-0.4, -0.2) is 19.1 Å². The van der Waals surface area contributed by atoms with Gasteiger partial charge in [0.1, 0.15) is 0 Å². The van der Waals surface area contributed by atoms with Crippen molar-refractivity contribution in [2.24, 2.45) is 5.73 Å². The third-order valence-electron chi connectivity index (χ3n) is 1.91. The maximum absolute atomic E-state index is 5.68. The summed E-state index contributed by atoms with van der Waals surface area (Å²) in [5, 5.41) is 4.26. The summed E-state index contributed by atoms with van der Waals surface area (Å²) in [4.78, 5) is 0. The van der Waals surface area contributed by atoms with Crippen molar-refractivity contribution in [1.29, 1.82) is 0 Å². The topological polar surface area (TPSA) is 40.1 Å². The highest BCUT2D eigenvalue weighted by molar-refractivity contribution is 4.81. The second-order valence-corrected chi connectivity index (χ2v) is 3.17. The zero-order chi connectivity index (χ0) is 9.94. The van der Waals surface area contributed by atoms with Crippen molar-refractivity contribution in [3.05, 3.63) is 25.3 Å². The molecule has 1 radical (unpaired) electrons. The van der Waals surface area contributed by atoms with E-state index in [1.54, 1.807) is 0 Å². The van der Waals surface area contributed by atoms with E-state index in [1.807, 2.05) is 12.2 Å². The van der Waals surface area contributed by atoms with Crippen molar-refractivity contribution in [3.63, 3.8) is 0 Å². The van der Waals surface area contributed by atoms with E-state index in [2.05, 4.69) is 18.5 Å². The zero-order valence-corrected chi connectivity index (χ0v) is 8.41. The van der Waals surface area contributed by atoms with Crippen LogP contribution in [0.2, 0.25) is 0 Å². The summed E-state index contributed by atoms with van der Waals surface area (Å²) in [7, 11) is 0. The summed E-state index contributed by atoms with van der Waals surface area (Å²) in [5.74, 6) is 0. The lowest BCUT2D eigenvalue weighted by Crippen LogP contribution is -2.15. The Morgan fingerprint density at radius 1 is 1.23 bits per heavy atom. The minimum Gasteiger partial charge on any atom is -0.324 e. The molecule has 0 amide bonds. The minimum absolute atomic E-state index is 0.171. The van der Waals surface area contributed by atoms with Gasteiger partial charge in [-0.05, 0) is 12.8 Å². The molecule has 0 saturated heterocycles. The van der Waals surface area contributed by atoms with E-state index in [4.69, 9.17) is 5.73 Å². The molecule has 75 valence electrons. The second kappa shape index (κ2) is 9.49. The molecule has 0 saturated carbocycles. The molecular formula is C11H21N2. The van der Waals surface area contributed by atoms with Gasteiger partial charge in [-0.2, -0.15) is 0 Å². The average molecular weight is 181 g/mol. The van der Waals surface area contributed by atoms with Crippen molar-refractivity contribution in [1.82, 2.24) is 5.32 Å². The Hall–Kier alpha value is -0.600. The molecule has 0 aromatic carbocycles. The lowest BCUT2D eigenvalue weighted by atomic mass is 10.1. The summed E-state index contributed by atoms with van der Waals surface area (Å²) >= 11 is 0. The highest BCUT2D eigenvalue weighted by Crippen LogP contribution is 2.02. The number of unbranched alkanes of at least 4 members (excludes halogenated alkanes) is 2. The van der Waals surface area contributed by atoms with Gasteiger partial charge in [-0.15, -0.1) is 13.2 Å². The van der Waals surface area contributed by atoms with E-state index in [-0.39, 0.29) is 6.04 Å². The molecule has 1 atom stereocenters. The van der Waals surface area contributed by atoms with Crippen LogP contribution < -0.4 is 11.1 Å². The summed E-state index contributed by atoms with van der Waals surface area (Å²) < 4.78 is 0. The molecule has 1 unspecified atom stereocenters. The van der Waals surface area contributed by atoms with Crippen molar-refractivity contribution < 1.29 is 0 Å². The van der Waals surface area contributed by atoms with E-state index in [1.165, 1.54) is 12.8 Å². The van der Waals surface area contributed by atoms with Crippen LogP contribution in [0.1, 0.15) is 25.7 Å². The van der Waals surface area contributed by atoms with Crippen LogP contribution in [0.15, 0.2) is 25.3 Å². The van der Waals surface area contributed by atoms with Gasteiger partial charge < -0.3 is 5.73 Å². The van der Waals surface area contributed by atoms with E-state index in [0.29, 0.717) is 0 Å². The monoisotopic (exact) mass is 181 g/mol. The SMILES string of the molecule is C=CC[N]CCCCCC(N)C=C. The largest absolute Gasteiger partial charge is 0.324 e. The Labute approximate surface area is 81.9 Å². The molecule has 0 spiro atoms. The first-order valence-electron chi connectivity index (χ1n) is 4.93. The third kappa shape index (κ3) is 9.31. The maximum atomic E-state index is 5.68. The van der Waals surface area contributed by atoms with Gasteiger partial charge in [-0.1, -0.05) is 25.0 Å². The van der Waals surface area contributed by atoms with Crippen molar-refractivity contribution in [2.75, 3.05) is 13.1 Å². The smallest absolute Gasteiger partial charge is 0.0311 e. The molecule has 2 N–H and O–H groups in total. The van der Waals surface area contributed by atoms with Crippen LogP contribution in [0.3, 0.4) is 0 Å². The molecular weight excluding hydrogens is 160 g/mol. The Kier molecular flexibility index (Phi) is 9.05. The predicted octanol–water partition coefficient (Wildman–Crippen LogP) is 1.85. The number of rotatable bonds is 9. The van der Waals surface area contributed by atoms with Crippen LogP contribution in [0.4, 0.5) is 0 Å². The van der Waals surface area contributed by atoms with Crippen LogP contribution in [0.5, 0.6) is 0 Å². The fourth-order valence-corrected chi connectivity index (χ4v) is 1.08. The highest BCUT2D eigenvalue weighted by Gasteiger charge is 1.95. The second-order valence-electron chi connectivity index (χ2n) is 3.17. The molecule has 0 aliphatic rings. The molecule has 0 aliphatic carbocycles. The molecule has 0 aromatic heterocycles. The molecule has 0 aromatic rings. The maximum Gasteiger partial charge on any atom is 0.0311 e. The first kappa shape index (κ1) is 12.4. The Bertz CT molecular complexity index is 132. The van der Waals surface area contributed by atoms with Gasteiger partial charge in [0, 0.05) is 19.1 Å².